The number of rotatable bonds is 3. The van der Waals surface area contributed by atoms with E-state index in [2.05, 4.69) is 5.10 Å². The fraction of sp³-hybridized carbons (Fsp3) is 0.312. The van der Waals surface area contributed by atoms with Gasteiger partial charge in [-0.15, -0.1) is 0 Å². The minimum absolute atomic E-state index is 0.299. The SMILES string of the molecule is Cc1cc(C)n(-c2ccc(C(=O)OC3CCOC3=O)cc2)n1. The van der Waals surface area contributed by atoms with Gasteiger partial charge in [-0.3, -0.25) is 0 Å². The predicted molar refractivity (Wildman–Crippen MR) is 77.8 cm³/mol. The fourth-order valence-electron chi connectivity index (χ4n) is 2.41. The highest BCUT2D eigenvalue weighted by Crippen LogP contribution is 2.16. The zero-order valence-electron chi connectivity index (χ0n) is 12.4. The Morgan fingerprint density at radius 2 is 2.05 bits per heavy atom. The van der Waals surface area contributed by atoms with Gasteiger partial charge in [-0.1, -0.05) is 0 Å². The number of aryl methyl sites for hydroxylation is 2. The molecule has 1 atom stereocenters. The third-order valence-electron chi connectivity index (χ3n) is 3.49. The Hall–Kier alpha value is -2.63. The summed E-state index contributed by atoms with van der Waals surface area (Å²) in [5, 5.41) is 4.39. The second-order valence-corrected chi connectivity index (χ2v) is 5.24. The first-order valence-corrected chi connectivity index (χ1v) is 7.06. The molecule has 1 aliphatic rings. The van der Waals surface area contributed by atoms with E-state index in [4.69, 9.17) is 9.47 Å². The van der Waals surface area contributed by atoms with Crippen molar-refractivity contribution in [2.24, 2.45) is 0 Å². The number of cyclic esters (lactones) is 1. The van der Waals surface area contributed by atoms with Gasteiger partial charge in [-0.05, 0) is 44.2 Å². The smallest absolute Gasteiger partial charge is 0.347 e. The third kappa shape index (κ3) is 2.72. The molecule has 1 saturated heterocycles. The van der Waals surface area contributed by atoms with Crippen molar-refractivity contribution in [3.8, 4) is 5.69 Å². The molecule has 0 radical (unpaired) electrons. The van der Waals surface area contributed by atoms with Crippen LogP contribution >= 0.6 is 0 Å². The van der Waals surface area contributed by atoms with Gasteiger partial charge in [0.25, 0.3) is 0 Å². The lowest BCUT2D eigenvalue weighted by Crippen LogP contribution is -2.22. The second kappa shape index (κ2) is 5.63. The summed E-state index contributed by atoms with van der Waals surface area (Å²) in [4.78, 5) is 23.3. The Labute approximate surface area is 127 Å². The van der Waals surface area contributed by atoms with E-state index < -0.39 is 18.0 Å². The van der Waals surface area contributed by atoms with Crippen LogP contribution in [0.15, 0.2) is 30.3 Å². The van der Waals surface area contributed by atoms with Gasteiger partial charge in [0.1, 0.15) is 0 Å². The first-order chi connectivity index (χ1) is 10.5. The molecule has 0 saturated carbocycles. The quantitative estimate of drug-likeness (QED) is 0.810. The highest BCUT2D eigenvalue weighted by atomic mass is 16.6. The van der Waals surface area contributed by atoms with Gasteiger partial charge < -0.3 is 9.47 Å². The lowest BCUT2D eigenvalue weighted by Gasteiger charge is -2.09. The lowest BCUT2D eigenvalue weighted by atomic mass is 10.2. The number of esters is 2. The second-order valence-electron chi connectivity index (χ2n) is 5.24. The number of hydrogen-bond donors (Lipinski definition) is 0. The molecule has 1 unspecified atom stereocenters. The summed E-state index contributed by atoms with van der Waals surface area (Å²) >= 11 is 0. The van der Waals surface area contributed by atoms with E-state index in [0.717, 1.165) is 17.1 Å². The minimum Gasteiger partial charge on any atom is -0.463 e. The Balaban J connectivity index is 1.75. The highest BCUT2D eigenvalue weighted by Gasteiger charge is 2.30. The Morgan fingerprint density at radius 3 is 2.59 bits per heavy atom. The summed E-state index contributed by atoms with van der Waals surface area (Å²) in [5.74, 6) is -1.00. The molecule has 1 fully saturated rings. The fourth-order valence-corrected chi connectivity index (χ4v) is 2.41. The van der Waals surface area contributed by atoms with E-state index in [-0.39, 0.29) is 0 Å². The number of nitrogens with zero attached hydrogens (tertiary/aromatic N) is 2. The van der Waals surface area contributed by atoms with Crippen LogP contribution in [0, 0.1) is 13.8 Å². The van der Waals surface area contributed by atoms with Crippen LogP contribution in [-0.4, -0.2) is 34.4 Å². The van der Waals surface area contributed by atoms with Crippen LogP contribution in [0.5, 0.6) is 0 Å². The van der Waals surface area contributed by atoms with Crippen molar-refractivity contribution in [3.63, 3.8) is 0 Å². The molecule has 6 nitrogen and oxygen atoms in total. The maximum absolute atomic E-state index is 12.0. The highest BCUT2D eigenvalue weighted by molar-refractivity contribution is 5.91. The average Bonchev–Trinajstić information content (AvgIpc) is 3.05. The lowest BCUT2D eigenvalue weighted by molar-refractivity contribution is -0.145. The molecule has 22 heavy (non-hydrogen) atoms. The molecular weight excluding hydrogens is 284 g/mol. The molecule has 6 heteroatoms. The Morgan fingerprint density at radius 1 is 1.32 bits per heavy atom. The van der Waals surface area contributed by atoms with Crippen molar-refractivity contribution in [3.05, 3.63) is 47.3 Å². The molecule has 114 valence electrons. The van der Waals surface area contributed by atoms with Crippen molar-refractivity contribution in [2.75, 3.05) is 6.61 Å². The number of carbonyl (C=O) groups is 2. The molecule has 1 aliphatic heterocycles. The van der Waals surface area contributed by atoms with E-state index >= 15 is 0 Å². The molecule has 2 heterocycles. The van der Waals surface area contributed by atoms with E-state index in [1.54, 1.807) is 28.9 Å². The van der Waals surface area contributed by atoms with Gasteiger partial charge in [-0.2, -0.15) is 5.10 Å². The molecule has 1 aromatic heterocycles. The Kier molecular flexibility index (Phi) is 3.66. The van der Waals surface area contributed by atoms with Gasteiger partial charge in [0.15, 0.2) is 0 Å². The molecule has 3 rings (SSSR count). The van der Waals surface area contributed by atoms with Crippen LogP contribution in [0.4, 0.5) is 0 Å². The molecule has 0 amide bonds. The summed E-state index contributed by atoms with van der Waals surface area (Å²) in [6.45, 7) is 4.19. The standard InChI is InChI=1S/C16H16N2O4/c1-10-9-11(2)18(17-10)13-5-3-12(4-6-13)15(19)22-14-7-8-21-16(14)20/h3-6,9,14H,7-8H2,1-2H3. The van der Waals surface area contributed by atoms with Crippen LogP contribution in [0.25, 0.3) is 5.69 Å². The van der Waals surface area contributed by atoms with E-state index in [1.807, 2.05) is 19.9 Å². The third-order valence-corrected chi connectivity index (χ3v) is 3.49. The zero-order chi connectivity index (χ0) is 15.7. The molecule has 0 aliphatic carbocycles. The first-order valence-electron chi connectivity index (χ1n) is 7.06. The van der Waals surface area contributed by atoms with E-state index in [1.165, 1.54) is 0 Å². The summed E-state index contributed by atoms with van der Waals surface area (Å²) < 4.78 is 11.7. The van der Waals surface area contributed by atoms with Crippen molar-refractivity contribution in [1.82, 2.24) is 9.78 Å². The maximum Gasteiger partial charge on any atom is 0.347 e. The Bertz CT molecular complexity index is 718. The number of benzene rings is 1. The van der Waals surface area contributed by atoms with Crippen LogP contribution in [-0.2, 0) is 14.3 Å². The summed E-state index contributed by atoms with van der Waals surface area (Å²) in [5.41, 5.74) is 3.20. The topological polar surface area (TPSA) is 70.4 Å². The number of ether oxygens (including phenoxy) is 2. The van der Waals surface area contributed by atoms with Crippen LogP contribution in [0.3, 0.4) is 0 Å². The van der Waals surface area contributed by atoms with E-state index in [9.17, 15) is 9.59 Å². The molecule has 0 bridgehead atoms. The molecular formula is C16H16N2O4. The van der Waals surface area contributed by atoms with Crippen molar-refractivity contribution < 1.29 is 19.1 Å². The van der Waals surface area contributed by atoms with Gasteiger partial charge >= 0.3 is 11.9 Å². The summed E-state index contributed by atoms with van der Waals surface area (Å²) in [7, 11) is 0. The monoisotopic (exact) mass is 300 g/mol. The summed E-state index contributed by atoms with van der Waals surface area (Å²) in [6, 6.07) is 8.89. The molecule has 0 N–H and O–H groups in total. The van der Waals surface area contributed by atoms with Crippen LogP contribution < -0.4 is 0 Å². The van der Waals surface area contributed by atoms with Gasteiger partial charge in [0, 0.05) is 12.1 Å². The molecule has 0 spiro atoms. The number of hydrogen-bond acceptors (Lipinski definition) is 5. The molecule has 2 aromatic rings. The van der Waals surface area contributed by atoms with Crippen LogP contribution in [0.2, 0.25) is 0 Å². The minimum atomic E-state index is -0.789. The largest absolute Gasteiger partial charge is 0.463 e. The number of carbonyl (C=O) groups excluding carboxylic acids is 2. The van der Waals surface area contributed by atoms with Gasteiger partial charge in [0.2, 0.25) is 6.10 Å². The van der Waals surface area contributed by atoms with E-state index in [0.29, 0.717) is 18.6 Å². The zero-order valence-corrected chi connectivity index (χ0v) is 12.4. The van der Waals surface area contributed by atoms with Crippen LogP contribution in [0.1, 0.15) is 28.2 Å². The first kappa shape index (κ1) is 14.3. The van der Waals surface area contributed by atoms with Gasteiger partial charge in [0.05, 0.1) is 23.6 Å². The van der Waals surface area contributed by atoms with Gasteiger partial charge in [-0.25, -0.2) is 14.3 Å². The van der Waals surface area contributed by atoms with Crippen molar-refractivity contribution in [2.45, 2.75) is 26.4 Å². The normalized spacial score (nSPS) is 17.4. The average molecular weight is 300 g/mol. The summed E-state index contributed by atoms with van der Waals surface area (Å²) in [6.07, 6.45) is -0.378. The predicted octanol–water partition coefficient (Wildman–Crippen LogP) is 1.96. The maximum atomic E-state index is 12.0. The van der Waals surface area contributed by atoms with Crippen molar-refractivity contribution >= 4 is 11.9 Å². The molecule has 1 aromatic carbocycles. The number of aromatic nitrogens is 2. The van der Waals surface area contributed by atoms with Crippen molar-refractivity contribution in [1.29, 1.82) is 0 Å².